The van der Waals surface area contributed by atoms with E-state index in [0.29, 0.717) is 23.8 Å². The minimum atomic E-state index is 0.566. The van der Waals surface area contributed by atoms with Gasteiger partial charge in [-0.25, -0.2) is 0 Å². The molecule has 1 aromatic rings. The van der Waals surface area contributed by atoms with Gasteiger partial charge in [0, 0.05) is 11.8 Å². The molecular weight excluding hydrogens is 236 g/mol. The third kappa shape index (κ3) is 4.55. The molecule has 0 amide bonds. The van der Waals surface area contributed by atoms with Crippen LogP contribution in [0.2, 0.25) is 0 Å². The summed E-state index contributed by atoms with van der Waals surface area (Å²) in [6.07, 6.45) is 4.76. The Bertz CT molecular complexity index is 449. The number of aromatic nitrogens is 1. The lowest BCUT2D eigenvalue weighted by molar-refractivity contribution is 0.232. The lowest BCUT2D eigenvalue weighted by Gasteiger charge is -2.17. The lowest BCUT2D eigenvalue weighted by Crippen LogP contribution is -2.12. The molecule has 3 heteroatoms. The number of hydrogen-bond acceptors (Lipinski definition) is 3. The van der Waals surface area contributed by atoms with E-state index in [4.69, 9.17) is 4.74 Å². The van der Waals surface area contributed by atoms with Crippen LogP contribution >= 0.6 is 0 Å². The van der Waals surface area contributed by atoms with Gasteiger partial charge in [-0.3, -0.25) is 4.98 Å². The first-order valence-corrected chi connectivity index (χ1v) is 7.13. The number of hydrogen-bond donors (Lipinski definition) is 0. The zero-order valence-electron chi connectivity index (χ0n) is 12.5. The van der Waals surface area contributed by atoms with E-state index in [1.165, 1.54) is 19.3 Å². The van der Waals surface area contributed by atoms with Gasteiger partial charge in [-0.05, 0) is 26.2 Å². The molecule has 0 aromatic carbocycles. The van der Waals surface area contributed by atoms with Crippen LogP contribution in [0.1, 0.15) is 56.5 Å². The van der Waals surface area contributed by atoms with Crippen LogP contribution in [0.3, 0.4) is 0 Å². The van der Waals surface area contributed by atoms with Gasteiger partial charge in [0.1, 0.15) is 17.4 Å². The van der Waals surface area contributed by atoms with Crippen molar-refractivity contribution in [3.63, 3.8) is 0 Å². The molecule has 0 radical (unpaired) electrons. The largest absolute Gasteiger partial charge is 0.492 e. The van der Waals surface area contributed by atoms with Crippen molar-refractivity contribution in [3.8, 4) is 11.8 Å². The van der Waals surface area contributed by atoms with E-state index in [9.17, 15) is 5.26 Å². The minimum Gasteiger partial charge on any atom is -0.492 e. The Morgan fingerprint density at radius 2 is 2.11 bits per heavy atom. The van der Waals surface area contributed by atoms with Gasteiger partial charge < -0.3 is 4.74 Å². The van der Waals surface area contributed by atoms with Crippen LogP contribution in [0.25, 0.3) is 0 Å². The molecule has 0 aliphatic rings. The van der Waals surface area contributed by atoms with Crippen LogP contribution in [-0.2, 0) is 0 Å². The van der Waals surface area contributed by atoms with Crippen molar-refractivity contribution >= 4 is 0 Å². The quantitative estimate of drug-likeness (QED) is 0.739. The molecule has 0 aliphatic carbocycles. The second-order valence-electron chi connectivity index (χ2n) is 5.06. The van der Waals surface area contributed by atoms with Crippen LogP contribution in [0.4, 0.5) is 0 Å². The Morgan fingerprint density at radius 1 is 1.37 bits per heavy atom. The smallest absolute Gasteiger partial charge is 0.140 e. The van der Waals surface area contributed by atoms with E-state index in [1.54, 1.807) is 0 Å². The first kappa shape index (κ1) is 15.5. The lowest BCUT2D eigenvalue weighted by atomic mass is 10.0. The number of nitriles is 1. The molecule has 0 aliphatic heterocycles. The highest BCUT2D eigenvalue weighted by molar-refractivity contribution is 5.46. The second-order valence-corrected chi connectivity index (χ2v) is 5.06. The molecule has 1 unspecified atom stereocenters. The predicted octanol–water partition coefficient (Wildman–Crippen LogP) is 4.17. The highest BCUT2D eigenvalue weighted by Gasteiger charge is 2.12. The third-order valence-corrected chi connectivity index (χ3v) is 3.42. The minimum absolute atomic E-state index is 0.566. The van der Waals surface area contributed by atoms with Gasteiger partial charge >= 0.3 is 0 Å². The molecule has 0 bridgehead atoms. The van der Waals surface area contributed by atoms with E-state index in [0.717, 1.165) is 17.8 Å². The highest BCUT2D eigenvalue weighted by Crippen LogP contribution is 2.23. The number of pyridine rings is 1. The number of unbranched alkanes of at least 4 members (excludes halogenated alkanes) is 1. The molecule has 1 aromatic heterocycles. The molecule has 0 saturated heterocycles. The topological polar surface area (TPSA) is 45.9 Å². The summed E-state index contributed by atoms with van der Waals surface area (Å²) in [4.78, 5) is 4.30. The predicted molar refractivity (Wildman–Crippen MR) is 77.2 cm³/mol. The van der Waals surface area contributed by atoms with Gasteiger partial charge in [0.25, 0.3) is 0 Å². The average molecular weight is 260 g/mol. The standard InChI is InChI=1S/C16H24N2O/c1-5-7-8-14(6-2)11-19-16-9-12(3)18-13(4)15(16)10-17/h9,14H,5-8,11H2,1-4H3. The summed E-state index contributed by atoms with van der Waals surface area (Å²) < 4.78 is 5.88. The Hall–Kier alpha value is -1.56. The molecule has 1 rings (SSSR count). The van der Waals surface area contributed by atoms with E-state index < -0.39 is 0 Å². The van der Waals surface area contributed by atoms with Crippen molar-refractivity contribution in [1.82, 2.24) is 4.98 Å². The molecule has 19 heavy (non-hydrogen) atoms. The maximum atomic E-state index is 9.18. The van der Waals surface area contributed by atoms with E-state index in [1.807, 2.05) is 19.9 Å². The Kier molecular flexibility index (Phi) is 6.35. The first-order valence-electron chi connectivity index (χ1n) is 7.13. The molecule has 0 spiro atoms. The zero-order chi connectivity index (χ0) is 14.3. The van der Waals surface area contributed by atoms with Crippen molar-refractivity contribution in [2.24, 2.45) is 5.92 Å². The summed E-state index contributed by atoms with van der Waals surface area (Å²) in [5.74, 6) is 1.25. The highest BCUT2D eigenvalue weighted by atomic mass is 16.5. The monoisotopic (exact) mass is 260 g/mol. The fourth-order valence-electron chi connectivity index (χ4n) is 2.15. The van der Waals surface area contributed by atoms with Crippen molar-refractivity contribution in [1.29, 1.82) is 5.26 Å². The van der Waals surface area contributed by atoms with Crippen molar-refractivity contribution in [3.05, 3.63) is 23.0 Å². The van der Waals surface area contributed by atoms with Gasteiger partial charge in [-0.1, -0.05) is 33.1 Å². The molecule has 3 nitrogen and oxygen atoms in total. The van der Waals surface area contributed by atoms with Crippen molar-refractivity contribution in [2.75, 3.05) is 6.61 Å². The number of aryl methyl sites for hydroxylation is 2. The fourth-order valence-corrected chi connectivity index (χ4v) is 2.15. The normalized spacial score (nSPS) is 11.9. The molecule has 0 saturated carbocycles. The molecule has 104 valence electrons. The summed E-state index contributed by atoms with van der Waals surface area (Å²) in [5, 5.41) is 9.18. The summed E-state index contributed by atoms with van der Waals surface area (Å²) in [7, 11) is 0. The van der Waals surface area contributed by atoms with Crippen LogP contribution in [0.15, 0.2) is 6.07 Å². The summed E-state index contributed by atoms with van der Waals surface area (Å²) in [6, 6.07) is 4.05. The van der Waals surface area contributed by atoms with Crippen LogP contribution in [-0.4, -0.2) is 11.6 Å². The van der Waals surface area contributed by atoms with Crippen LogP contribution in [0, 0.1) is 31.1 Å². The van der Waals surface area contributed by atoms with Crippen LogP contribution in [0.5, 0.6) is 5.75 Å². The maximum Gasteiger partial charge on any atom is 0.140 e. The Morgan fingerprint density at radius 3 is 2.68 bits per heavy atom. The summed E-state index contributed by atoms with van der Waals surface area (Å²) >= 11 is 0. The van der Waals surface area contributed by atoms with Gasteiger partial charge in [-0.15, -0.1) is 0 Å². The maximum absolute atomic E-state index is 9.18. The summed E-state index contributed by atoms with van der Waals surface area (Å²) in [5.41, 5.74) is 2.21. The van der Waals surface area contributed by atoms with Crippen molar-refractivity contribution < 1.29 is 4.74 Å². The SMILES string of the molecule is CCCCC(CC)COc1cc(C)nc(C)c1C#N. The van der Waals surface area contributed by atoms with Crippen LogP contribution < -0.4 is 4.74 Å². The molecule has 0 N–H and O–H groups in total. The van der Waals surface area contributed by atoms with Gasteiger partial charge in [0.2, 0.25) is 0 Å². The molecule has 0 fully saturated rings. The molecular formula is C16H24N2O. The van der Waals surface area contributed by atoms with E-state index >= 15 is 0 Å². The number of ether oxygens (including phenoxy) is 1. The Balaban J connectivity index is 2.74. The second kappa shape index (κ2) is 7.78. The Labute approximate surface area is 116 Å². The number of nitrogens with zero attached hydrogens (tertiary/aromatic N) is 2. The average Bonchev–Trinajstić information content (AvgIpc) is 2.38. The van der Waals surface area contributed by atoms with Crippen molar-refractivity contribution in [2.45, 2.75) is 53.4 Å². The summed E-state index contributed by atoms with van der Waals surface area (Å²) in [6.45, 7) is 8.87. The van der Waals surface area contributed by atoms with E-state index in [-0.39, 0.29) is 0 Å². The van der Waals surface area contributed by atoms with E-state index in [2.05, 4.69) is 24.9 Å². The number of rotatable bonds is 7. The van der Waals surface area contributed by atoms with Gasteiger partial charge in [0.05, 0.1) is 12.3 Å². The first-order chi connectivity index (χ1) is 9.12. The molecule has 1 heterocycles. The third-order valence-electron chi connectivity index (χ3n) is 3.42. The fraction of sp³-hybridized carbons (Fsp3) is 0.625. The van der Waals surface area contributed by atoms with Gasteiger partial charge in [-0.2, -0.15) is 5.26 Å². The molecule has 1 atom stereocenters. The van der Waals surface area contributed by atoms with Gasteiger partial charge in [0.15, 0.2) is 0 Å². The zero-order valence-corrected chi connectivity index (χ0v) is 12.5.